The van der Waals surface area contributed by atoms with Gasteiger partial charge in [-0.1, -0.05) is 42.0 Å². The largest absolute Gasteiger partial charge is 0.348 e. The van der Waals surface area contributed by atoms with Gasteiger partial charge in [-0.2, -0.15) is 0 Å². The van der Waals surface area contributed by atoms with Gasteiger partial charge in [0, 0.05) is 18.2 Å². The maximum atomic E-state index is 12.6. The Hall–Kier alpha value is -2.63. The number of aromatic nitrogens is 3. The highest BCUT2D eigenvalue weighted by atomic mass is 16.2. The molecule has 1 heterocycles. The summed E-state index contributed by atoms with van der Waals surface area (Å²) in [4.78, 5) is 25.0. The average molecular weight is 354 g/mol. The summed E-state index contributed by atoms with van der Waals surface area (Å²) < 4.78 is 2.85. The first-order valence-electron chi connectivity index (χ1n) is 9.31. The van der Waals surface area contributed by atoms with E-state index in [9.17, 15) is 9.59 Å². The van der Waals surface area contributed by atoms with Gasteiger partial charge in [-0.05, 0) is 39.5 Å². The quantitative estimate of drug-likeness (QED) is 0.811. The number of amides is 1. The van der Waals surface area contributed by atoms with Crippen molar-refractivity contribution in [2.45, 2.75) is 58.7 Å². The van der Waals surface area contributed by atoms with E-state index >= 15 is 0 Å². The van der Waals surface area contributed by atoms with E-state index in [-0.39, 0.29) is 24.2 Å². The molecule has 0 aliphatic heterocycles. The molecule has 0 radical (unpaired) electrons. The minimum absolute atomic E-state index is 0.000330. The second-order valence-corrected chi connectivity index (χ2v) is 6.69. The SMILES string of the molecule is CCn1c(-c2ccccc2)nn(CC(=O)N[C@@H](C)C2=CCCCC2)c1=O. The lowest BCUT2D eigenvalue weighted by atomic mass is 9.95. The number of allylic oxidation sites excluding steroid dienone is 1. The van der Waals surface area contributed by atoms with Crippen LogP contribution in [0.2, 0.25) is 0 Å². The highest BCUT2D eigenvalue weighted by Crippen LogP contribution is 2.20. The normalized spacial score (nSPS) is 15.4. The van der Waals surface area contributed by atoms with Crippen LogP contribution in [0.3, 0.4) is 0 Å². The zero-order valence-corrected chi connectivity index (χ0v) is 15.4. The Balaban J connectivity index is 1.75. The molecule has 0 saturated heterocycles. The molecule has 6 heteroatoms. The van der Waals surface area contributed by atoms with Crippen LogP contribution in [0.15, 0.2) is 46.8 Å². The summed E-state index contributed by atoms with van der Waals surface area (Å²) in [5.41, 5.74) is 1.89. The molecule has 6 nitrogen and oxygen atoms in total. The van der Waals surface area contributed by atoms with Gasteiger partial charge in [0.2, 0.25) is 5.91 Å². The molecule has 0 bridgehead atoms. The van der Waals surface area contributed by atoms with Crippen LogP contribution in [0.4, 0.5) is 0 Å². The first kappa shape index (κ1) is 18.2. The van der Waals surface area contributed by atoms with Crippen molar-refractivity contribution in [3.05, 3.63) is 52.5 Å². The van der Waals surface area contributed by atoms with E-state index in [4.69, 9.17) is 0 Å². The fourth-order valence-corrected chi connectivity index (χ4v) is 3.40. The summed E-state index contributed by atoms with van der Waals surface area (Å²) in [6.07, 6.45) is 6.73. The molecule has 1 aromatic carbocycles. The highest BCUT2D eigenvalue weighted by molar-refractivity contribution is 5.76. The van der Waals surface area contributed by atoms with Gasteiger partial charge in [0.15, 0.2) is 5.82 Å². The molecule has 138 valence electrons. The average Bonchev–Trinajstić information content (AvgIpc) is 2.98. The predicted octanol–water partition coefficient (Wildman–Crippen LogP) is 2.74. The summed E-state index contributed by atoms with van der Waals surface area (Å²) in [6, 6.07) is 9.56. The van der Waals surface area contributed by atoms with Crippen LogP contribution < -0.4 is 11.0 Å². The minimum Gasteiger partial charge on any atom is -0.348 e. The molecule has 1 aromatic heterocycles. The maximum Gasteiger partial charge on any atom is 0.346 e. The van der Waals surface area contributed by atoms with E-state index in [0.29, 0.717) is 12.4 Å². The van der Waals surface area contributed by atoms with Gasteiger partial charge < -0.3 is 5.32 Å². The molecule has 1 aliphatic carbocycles. The van der Waals surface area contributed by atoms with Crippen molar-refractivity contribution in [2.75, 3.05) is 0 Å². The molecule has 0 spiro atoms. The number of rotatable bonds is 6. The number of carbonyl (C=O) groups excluding carboxylic acids is 1. The highest BCUT2D eigenvalue weighted by Gasteiger charge is 2.18. The zero-order chi connectivity index (χ0) is 18.5. The number of hydrogen-bond acceptors (Lipinski definition) is 3. The maximum absolute atomic E-state index is 12.6. The van der Waals surface area contributed by atoms with Crippen molar-refractivity contribution in [3.8, 4) is 11.4 Å². The Morgan fingerprint density at radius 3 is 2.69 bits per heavy atom. The van der Waals surface area contributed by atoms with Crippen molar-refractivity contribution < 1.29 is 4.79 Å². The van der Waals surface area contributed by atoms with Gasteiger partial charge in [-0.25, -0.2) is 9.48 Å². The molecule has 26 heavy (non-hydrogen) atoms. The number of benzene rings is 1. The van der Waals surface area contributed by atoms with Crippen LogP contribution in [-0.2, 0) is 17.9 Å². The van der Waals surface area contributed by atoms with Gasteiger partial charge in [0.25, 0.3) is 0 Å². The van der Waals surface area contributed by atoms with Crippen LogP contribution in [0.25, 0.3) is 11.4 Å². The Kier molecular flexibility index (Phi) is 5.71. The molecule has 0 unspecified atom stereocenters. The van der Waals surface area contributed by atoms with E-state index in [1.807, 2.05) is 44.2 Å². The lowest BCUT2D eigenvalue weighted by molar-refractivity contribution is -0.122. The summed E-state index contributed by atoms with van der Waals surface area (Å²) in [6.45, 7) is 4.34. The smallest absolute Gasteiger partial charge is 0.346 e. The summed E-state index contributed by atoms with van der Waals surface area (Å²) >= 11 is 0. The molecule has 1 N–H and O–H groups in total. The molecule has 1 amide bonds. The van der Waals surface area contributed by atoms with Crippen molar-refractivity contribution in [1.82, 2.24) is 19.7 Å². The molecule has 1 atom stereocenters. The number of nitrogens with one attached hydrogen (secondary N) is 1. The Morgan fingerprint density at radius 1 is 1.27 bits per heavy atom. The molecule has 0 fully saturated rings. The third-order valence-electron chi connectivity index (χ3n) is 4.82. The fraction of sp³-hybridized carbons (Fsp3) is 0.450. The van der Waals surface area contributed by atoms with E-state index in [1.54, 1.807) is 4.57 Å². The molecular formula is C20H26N4O2. The Morgan fingerprint density at radius 2 is 2.04 bits per heavy atom. The third kappa shape index (κ3) is 3.95. The van der Waals surface area contributed by atoms with Crippen LogP contribution in [0.5, 0.6) is 0 Å². The molecule has 1 aliphatic rings. The van der Waals surface area contributed by atoms with Crippen LogP contribution in [-0.4, -0.2) is 26.3 Å². The van der Waals surface area contributed by atoms with E-state index < -0.39 is 0 Å². The van der Waals surface area contributed by atoms with Crippen molar-refractivity contribution in [3.63, 3.8) is 0 Å². The second-order valence-electron chi connectivity index (χ2n) is 6.69. The lowest BCUT2D eigenvalue weighted by Gasteiger charge is -2.20. The van der Waals surface area contributed by atoms with Crippen LogP contribution in [0.1, 0.15) is 39.5 Å². The van der Waals surface area contributed by atoms with E-state index in [1.165, 1.54) is 23.1 Å². The first-order chi connectivity index (χ1) is 12.6. The minimum atomic E-state index is -0.258. The standard InChI is InChI=1S/C20H26N4O2/c1-3-23-19(17-12-8-5-9-13-17)22-24(20(23)26)14-18(25)21-15(2)16-10-6-4-7-11-16/h5,8-10,12-13,15H,3-4,6-7,11,14H2,1-2H3,(H,21,25)/t15-/m0/s1. The number of nitrogens with zero attached hydrogens (tertiary/aromatic N) is 3. The first-order valence-corrected chi connectivity index (χ1v) is 9.31. The van der Waals surface area contributed by atoms with Gasteiger partial charge >= 0.3 is 5.69 Å². The van der Waals surface area contributed by atoms with Gasteiger partial charge in [0.05, 0.1) is 0 Å². The Labute approximate surface area is 153 Å². The summed E-state index contributed by atoms with van der Waals surface area (Å²) in [5, 5.41) is 7.40. The summed E-state index contributed by atoms with van der Waals surface area (Å²) in [5.74, 6) is 0.403. The van der Waals surface area contributed by atoms with Crippen molar-refractivity contribution in [1.29, 1.82) is 0 Å². The Bertz CT molecular complexity index is 848. The molecular weight excluding hydrogens is 328 g/mol. The predicted molar refractivity (Wildman–Crippen MR) is 102 cm³/mol. The zero-order valence-electron chi connectivity index (χ0n) is 15.4. The summed E-state index contributed by atoms with van der Waals surface area (Å²) in [7, 11) is 0. The fourth-order valence-electron chi connectivity index (χ4n) is 3.40. The van der Waals surface area contributed by atoms with Crippen molar-refractivity contribution in [2.24, 2.45) is 0 Å². The van der Waals surface area contributed by atoms with Gasteiger partial charge in [0.1, 0.15) is 6.54 Å². The molecule has 3 rings (SSSR count). The number of carbonyl (C=O) groups is 1. The monoisotopic (exact) mass is 354 g/mol. The van der Waals surface area contributed by atoms with E-state index in [2.05, 4.69) is 16.5 Å². The van der Waals surface area contributed by atoms with Crippen LogP contribution in [0, 0.1) is 0 Å². The molecule has 2 aromatic rings. The van der Waals surface area contributed by atoms with Gasteiger partial charge in [-0.3, -0.25) is 9.36 Å². The van der Waals surface area contributed by atoms with Crippen LogP contribution >= 0.6 is 0 Å². The molecule has 0 saturated carbocycles. The second kappa shape index (κ2) is 8.17. The third-order valence-corrected chi connectivity index (χ3v) is 4.82. The lowest BCUT2D eigenvalue weighted by Crippen LogP contribution is -2.39. The van der Waals surface area contributed by atoms with Gasteiger partial charge in [-0.15, -0.1) is 5.10 Å². The van der Waals surface area contributed by atoms with Crippen molar-refractivity contribution >= 4 is 5.91 Å². The number of hydrogen-bond donors (Lipinski definition) is 1. The van der Waals surface area contributed by atoms with E-state index in [0.717, 1.165) is 18.4 Å². The topological polar surface area (TPSA) is 68.9 Å².